The van der Waals surface area contributed by atoms with Crippen LogP contribution in [0.3, 0.4) is 0 Å². The summed E-state index contributed by atoms with van der Waals surface area (Å²) in [5.74, 6) is -0.720. The molecule has 34 heavy (non-hydrogen) atoms. The Morgan fingerprint density at radius 2 is 1.03 bits per heavy atom. The van der Waals surface area contributed by atoms with Crippen molar-refractivity contribution in [3.05, 3.63) is 65.7 Å². The van der Waals surface area contributed by atoms with Crippen LogP contribution in [0.5, 0.6) is 5.75 Å². The summed E-state index contributed by atoms with van der Waals surface area (Å²) >= 11 is 0. The minimum absolute atomic E-state index is 0.349. The van der Waals surface area contributed by atoms with Gasteiger partial charge < -0.3 is 33.2 Å². The van der Waals surface area contributed by atoms with Crippen LogP contribution < -0.4 is 4.74 Å². The number of methoxy groups -OCH3 is 1. The first kappa shape index (κ1) is 23.7. The molecule has 7 heteroatoms. The molecule has 2 aliphatic heterocycles. The summed E-state index contributed by atoms with van der Waals surface area (Å²) < 4.78 is 43.6. The molecule has 6 atom stereocenters. The summed E-state index contributed by atoms with van der Waals surface area (Å²) in [5.41, 5.74) is 2.12. The molecule has 0 aromatic heterocycles. The van der Waals surface area contributed by atoms with E-state index < -0.39 is 11.6 Å². The summed E-state index contributed by atoms with van der Waals surface area (Å²) in [6, 6.07) is 17.9. The molecule has 2 aromatic carbocycles. The highest BCUT2D eigenvalue weighted by atomic mass is 16.8. The minimum Gasteiger partial charge on any atom is -0.497 e. The molecular weight excluding hydrogens is 436 g/mol. The molecule has 0 bridgehead atoms. The molecule has 0 amide bonds. The lowest BCUT2D eigenvalue weighted by atomic mass is 9.84. The van der Waals surface area contributed by atoms with Crippen molar-refractivity contribution in [1.82, 2.24) is 0 Å². The van der Waals surface area contributed by atoms with Crippen molar-refractivity contribution in [3.63, 3.8) is 0 Å². The van der Waals surface area contributed by atoms with Gasteiger partial charge in [0.05, 0.1) is 20.3 Å². The fraction of sp³-hybridized carbons (Fsp3) is 0.556. The minimum atomic E-state index is -0.764. The molecule has 184 valence electrons. The second kappa shape index (κ2) is 9.22. The lowest BCUT2D eigenvalue weighted by molar-refractivity contribution is -0.191. The van der Waals surface area contributed by atoms with Crippen LogP contribution in [-0.4, -0.2) is 55.3 Å². The number of ether oxygens (including phenoxy) is 7. The Balaban J connectivity index is 1.39. The zero-order valence-corrected chi connectivity index (χ0v) is 20.4. The Morgan fingerprint density at radius 3 is 1.44 bits per heavy atom. The highest BCUT2D eigenvalue weighted by Gasteiger charge is 2.64. The summed E-state index contributed by atoms with van der Waals surface area (Å²) in [5, 5.41) is 0. The van der Waals surface area contributed by atoms with Crippen LogP contribution in [0.2, 0.25) is 0 Å². The predicted molar refractivity (Wildman–Crippen MR) is 124 cm³/mol. The smallest absolute Gasteiger partial charge is 0.164 e. The molecule has 1 saturated carbocycles. The van der Waals surface area contributed by atoms with Crippen molar-refractivity contribution in [2.45, 2.75) is 89.1 Å². The van der Waals surface area contributed by atoms with E-state index in [1.807, 2.05) is 82.3 Å². The van der Waals surface area contributed by atoms with E-state index in [4.69, 9.17) is 33.2 Å². The zero-order chi connectivity index (χ0) is 23.9. The Kier molecular flexibility index (Phi) is 6.44. The molecule has 2 unspecified atom stereocenters. The van der Waals surface area contributed by atoms with Gasteiger partial charge in [-0.05, 0) is 51.0 Å². The largest absolute Gasteiger partial charge is 0.497 e. The molecule has 7 nitrogen and oxygen atoms in total. The molecule has 2 aromatic rings. The van der Waals surface area contributed by atoms with Crippen molar-refractivity contribution in [2.24, 2.45) is 0 Å². The lowest BCUT2D eigenvalue weighted by Gasteiger charge is -2.42. The first-order chi connectivity index (χ1) is 16.2. The Labute approximate surface area is 201 Å². The van der Waals surface area contributed by atoms with Gasteiger partial charge in [-0.25, -0.2) is 0 Å². The van der Waals surface area contributed by atoms with Gasteiger partial charge in [-0.2, -0.15) is 0 Å². The Bertz CT molecular complexity index is 927. The third-order valence-electron chi connectivity index (χ3n) is 6.51. The Hall–Kier alpha value is -2.00. The second-order valence-electron chi connectivity index (χ2n) is 10.0. The van der Waals surface area contributed by atoms with Crippen molar-refractivity contribution < 1.29 is 33.2 Å². The van der Waals surface area contributed by atoms with Gasteiger partial charge in [0.1, 0.15) is 42.4 Å². The number of hydrogen-bond acceptors (Lipinski definition) is 7. The van der Waals surface area contributed by atoms with Crippen LogP contribution in [-0.2, 0) is 41.6 Å². The maximum Gasteiger partial charge on any atom is 0.164 e. The molecular formula is C27H34O7. The van der Waals surface area contributed by atoms with E-state index in [-0.39, 0.29) is 36.6 Å². The van der Waals surface area contributed by atoms with Crippen LogP contribution >= 0.6 is 0 Å². The molecule has 0 spiro atoms. The topological polar surface area (TPSA) is 64.6 Å². The first-order valence-electron chi connectivity index (χ1n) is 11.9. The van der Waals surface area contributed by atoms with E-state index >= 15 is 0 Å². The van der Waals surface area contributed by atoms with Gasteiger partial charge in [0, 0.05) is 0 Å². The third kappa shape index (κ3) is 4.87. The van der Waals surface area contributed by atoms with Gasteiger partial charge in [0.2, 0.25) is 0 Å². The van der Waals surface area contributed by atoms with Gasteiger partial charge in [-0.1, -0.05) is 42.5 Å². The second-order valence-corrected chi connectivity index (χ2v) is 10.0. The fourth-order valence-corrected chi connectivity index (χ4v) is 5.08. The lowest BCUT2D eigenvalue weighted by Crippen LogP contribution is -2.62. The van der Waals surface area contributed by atoms with Crippen molar-refractivity contribution in [1.29, 1.82) is 0 Å². The van der Waals surface area contributed by atoms with Crippen LogP contribution in [0.1, 0.15) is 38.8 Å². The molecule has 0 N–H and O–H groups in total. The molecule has 3 aliphatic rings. The first-order valence-corrected chi connectivity index (χ1v) is 11.9. The third-order valence-corrected chi connectivity index (χ3v) is 6.51. The summed E-state index contributed by atoms with van der Waals surface area (Å²) in [6.45, 7) is 8.53. The molecule has 3 fully saturated rings. The predicted octanol–water partition coefficient (Wildman–Crippen LogP) is 4.22. The quantitative estimate of drug-likeness (QED) is 0.600. The maximum atomic E-state index is 6.46. The normalized spacial score (nSPS) is 33.3. The van der Waals surface area contributed by atoms with E-state index in [2.05, 4.69) is 0 Å². The molecule has 1 aliphatic carbocycles. The SMILES string of the molecule is COc1ccc(COC2[C@H]3OC(C)(C)O[C@@H]3C(OCc3ccccc3)[C@@H]3OC(C)(C)O[C@@H]23)cc1. The maximum absolute atomic E-state index is 6.46. The molecule has 5 rings (SSSR count). The number of hydrogen-bond donors (Lipinski definition) is 0. The number of fused-ring (bicyclic) bond motifs is 2. The van der Waals surface area contributed by atoms with Gasteiger partial charge in [0.15, 0.2) is 11.6 Å². The monoisotopic (exact) mass is 470 g/mol. The zero-order valence-electron chi connectivity index (χ0n) is 20.4. The molecule has 0 radical (unpaired) electrons. The van der Waals surface area contributed by atoms with Crippen LogP contribution in [0, 0.1) is 0 Å². The van der Waals surface area contributed by atoms with E-state index in [9.17, 15) is 0 Å². The van der Waals surface area contributed by atoms with Crippen LogP contribution in [0.4, 0.5) is 0 Å². The average Bonchev–Trinajstić information content (AvgIpc) is 3.31. The van der Waals surface area contributed by atoms with Gasteiger partial charge in [0.25, 0.3) is 0 Å². The highest BCUT2D eigenvalue weighted by Crippen LogP contribution is 2.46. The van der Waals surface area contributed by atoms with E-state index in [0.29, 0.717) is 13.2 Å². The standard InChI is InChI=1S/C27H34O7/c1-26(2)31-22-20(29-15-17-9-7-6-8-10-17)23-25(34-27(3,4)32-23)21(24(22)33-26)30-16-18-11-13-19(28-5)14-12-18/h6-14,20-25H,15-16H2,1-5H3/t20?,21?,22-,23+,24-,25+. The molecule has 2 saturated heterocycles. The van der Waals surface area contributed by atoms with E-state index in [1.165, 1.54) is 0 Å². The van der Waals surface area contributed by atoms with E-state index in [1.54, 1.807) is 7.11 Å². The molecule has 2 heterocycles. The summed E-state index contributed by atoms with van der Waals surface area (Å²) in [7, 11) is 1.66. The summed E-state index contributed by atoms with van der Waals surface area (Å²) in [6.07, 6.45) is -2.14. The highest BCUT2D eigenvalue weighted by molar-refractivity contribution is 5.26. The van der Waals surface area contributed by atoms with Gasteiger partial charge in [-0.3, -0.25) is 0 Å². The van der Waals surface area contributed by atoms with Gasteiger partial charge in [-0.15, -0.1) is 0 Å². The van der Waals surface area contributed by atoms with Crippen LogP contribution in [0.15, 0.2) is 54.6 Å². The average molecular weight is 471 g/mol. The number of benzene rings is 2. The Morgan fingerprint density at radius 1 is 0.618 bits per heavy atom. The fourth-order valence-electron chi connectivity index (χ4n) is 5.08. The van der Waals surface area contributed by atoms with E-state index in [0.717, 1.165) is 16.9 Å². The van der Waals surface area contributed by atoms with Gasteiger partial charge >= 0.3 is 0 Å². The van der Waals surface area contributed by atoms with Crippen molar-refractivity contribution in [3.8, 4) is 5.75 Å². The summed E-state index contributed by atoms with van der Waals surface area (Å²) in [4.78, 5) is 0. The van der Waals surface area contributed by atoms with Crippen molar-refractivity contribution >= 4 is 0 Å². The van der Waals surface area contributed by atoms with Crippen LogP contribution in [0.25, 0.3) is 0 Å². The van der Waals surface area contributed by atoms with Crippen molar-refractivity contribution in [2.75, 3.05) is 7.11 Å². The number of rotatable bonds is 7.